The number of carboxylic acid groups (broad SMARTS) is 3. The Labute approximate surface area is 209 Å². The molecule has 3 rings (SSSR count). The van der Waals surface area contributed by atoms with Crippen LogP contribution in [0.3, 0.4) is 0 Å². The molecule has 0 saturated carbocycles. The summed E-state index contributed by atoms with van der Waals surface area (Å²) in [6.07, 6.45) is 0. The zero-order chi connectivity index (χ0) is 26.4. The van der Waals surface area contributed by atoms with Gasteiger partial charge >= 0.3 is 17.9 Å². The largest absolute Gasteiger partial charge is 0.478 e. The molecule has 1 unspecified atom stereocenters. The second kappa shape index (κ2) is 11.2. The van der Waals surface area contributed by atoms with Gasteiger partial charge < -0.3 is 26.0 Å². The minimum absolute atomic E-state index is 0.0419. The second-order valence-electron chi connectivity index (χ2n) is 7.49. The summed E-state index contributed by atoms with van der Waals surface area (Å²) in [6, 6.07) is 15.6. The zero-order valence-corrected chi connectivity index (χ0v) is 19.5. The summed E-state index contributed by atoms with van der Waals surface area (Å²) in [5.41, 5.74) is -0.191. The molecule has 0 aliphatic heterocycles. The van der Waals surface area contributed by atoms with E-state index in [1.165, 1.54) is 30.0 Å². The van der Waals surface area contributed by atoms with Gasteiger partial charge in [0.15, 0.2) is 0 Å². The molecule has 0 heterocycles. The highest BCUT2D eigenvalue weighted by Crippen LogP contribution is 2.27. The van der Waals surface area contributed by atoms with E-state index >= 15 is 0 Å². The van der Waals surface area contributed by atoms with Crippen molar-refractivity contribution in [1.29, 1.82) is 0 Å². The van der Waals surface area contributed by atoms with Crippen LogP contribution in [0, 0.1) is 0 Å². The molecule has 0 aromatic heterocycles. The molecule has 184 valence electrons. The van der Waals surface area contributed by atoms with Crippen molar-refractivity contribution in [2.45, 2.75) is 17.1 Å². The molecule has 11 heteroatoms. The van der Waals surface area contributed by atoms with Gasteiger partial charge in [-0.2, -0.15) is 0 Å². The van der Waals surface area contributed by atoms with Gasteiger partial charge in [-0.3, -0.25) is 9.59 Å². The molecule has 0 fully saturated rings. The van der Waals surface area contributed by atoms with Gasteiger partial charge in [-0.15, -0.1) is 11.8 Å². The number of thioether (sulfide) groups is 1. The first kappa shape index (κ1) is 26.0. The lowest BCUT2D eigenvalue weighted by atomic mass is 10.0. The minimum Gasteiger partial charge on any atom is -0.478 e. The molecular weight excluding hydrogens is 488 g/mol. The van der Waals surface area contributed by atoms with Crippen LogP contribution in [0.15, 0.2) is 71.6 Å². The molecule has 5 N–H and O–H groups in total. The Balaban J connectivity index is 1.70. The number of rotatable bonds is 9. The molecule has 0 spiro atoms. The van der Waals surface area contributed by atoms with Gasteiger partial charge in [0.05, 0.1) is 27.5 Å². The summed E-state index contributed by atoms with van der Waals surface area (Å²) in [5.74, 6) is -4.97. The predicted molar refractivity (Wildman–Crippen MR) is 132 cm³/mol. The average Bonchev–Trinajstić information content (AvgIpc) is 2.83. The van der Waals surface area contributed by atoms with Crippen molar-refractivity contribution in [2.24, 2.45) is 0 Å². The van der Waals surface area contributed by atoms with Crippen LogP contribution in [-0.4, -0.2) is 50.3 Å². The summed E-state index contributed by atoms with van der Waals surface area (Å²) >= 11 is 1.19. The number of aromatic carboxylic acids is 3. The van der Waals surface area contributed by atoms with Crippen molar-refractivity contribution in [2.75, 3.05) is 10.6 Å². The maximum atomic E-state index is 12.7. The number of benzene rings is 3. The summed E-state index contributed by atoms with van der Waals surface area (Å²) in [4.78, 5) is 59.7. The van der Waals surface area contributed by atoms with Crippen LogP contribution in [0.1, 0.15) is 48.4 Å². The van der Waals surface area contributed by atoms with Crippen molar-refractivity contribution in [3.8, 4) is 0 Å². The van der Waals surface area contributed by atoms with Crippen LogP contribution in [0.4, 0.5) is 11.4 Å². The first-order valence-corrected chi connectivity index (χ1v) is 11.3. The third kappa shape index (κ3) is 6.48. The van der Waals surface area contributed by atoms with E-state index in [1.54, 1.807) is 37.3 Å². The van der Waals surface area contributed by atoms with Gasteiger partial charge in [-0.05, 0) is 61.5 Å². The quantitative estimate of drug-likeness (QED) is 0.266. The summed E-state index contributed by atoms with van der Waals surface area (Å²) in [7, 11) is 0. The molecule has 10 nitrogen and oxygen atoms in total. The number of hydrogen-bond acceptors (Lipinski definition) is 6. The second-order valence-corrected chi connectivity index (χ2v) is 8.90. The van der Waals surface area contributed by atoms with Crippen LogP contribution < -0.4 is 10.6 Å². The molecule has 3 aromatic rings. The maximum Gasteiger partial charge on any atom is 0.336 e. The Morgan fingerprint density at radius 2 is 1.31 bits per heavy atom. The topological polar surface area (TPSA) is 170 Å². The minimum atomic E-state index is -1.44. The Kier molecular flexibility index (Phi) is 8.07. The van der Waals surface area contributed by atoms with Gasteiger partial charge in [-0.1, -0.05) is 12.1 Å². The van der Waals surface area contributed by atoms with Crippen molar-refractivity contribution in [3.05, 3.63) is 89.0 Å². The molecule has 0 aliphatic rings. The van der Waals surface area contributed by atoms with E-state index in [-0.39, 0.29) is 22.6 Å². The van der Waals surface area contributed by atoms with E-state index in [0.29, 0.717) is 16.3 Å². The molecule has 36 heavy (non-hydrogen) atoms. The van der Waals surface area contributed by atoms with Gasteiger partial charge in [0.1, 0.15) is 0 Å². The number of anilines is 2. The van der Waals surface area contributed by atoms with Crippen LogP contribution in [0.2, 0.25) is 0 Å². The number of nitrogens with one attached hydrogen (secondary N) is 2. The Morgan fingerprint density at radius 1 is 0.694 bits per heavy atom. The number of carboxylic acids is 3. The van der Waals surface area contributed by atoms with E-state index in [4.69, 9.17) is 10.2 Å². The molecule has 1 atom stereocenters. The highest BCUT2D eigenvalue weighted by atomic mass is 32.2. The third-order valence-corrected chi connectivity index (χ3v) is 5.99. The number of hydrogen-bond donors (Lipinski definition) is 5. The van der Waals surface area contributed by atoms with E-state index < -0.39 is 34.6 Å². The normalized spacial score (nSPS) is 11.2. The smallest absolute Gasteiger partial charge is 0.336 e. The van der Waals surface area contributed by atoms with Gasteiger partial charge in [0.25, 0.3) is 5.91 Å². The molecule has 0 radical (unpaired) electrons. The molecule has 0 aliphatic carbocycles. The van der Waals surface area contributed by atoms with Crippen LogP contribution in [0.25, 0.3) is 0 Å². The highest BCUT2D eigenvalue weighted by molar-refractivity contribution is 8.00. The fourth-order valence-electron chi connectivity index (χ4n) is 3.13. The standard InChI is InChI=1S/C25H20N2O8S/c1-13(21(28)26-16-5-2-4-14(10-16)23(30)31)36-18-7-3-6-17(12-18)27-22(29)19-9-8-15(24(32)33)11-20(19)25(34)35/h2-13H,1H3,(H,26,28)(H,27,29)(H,30,31)(H,32,33)(H,34,35). The average molecular weight is 509 g/mol. The predicted octanol–water partition coefficient (Wildman–Crippen LogP) is 4.15. The number of carbonyl (C=O) groups is 5. The van der Waals surface area contributed by atoms with E-state index in [1.807, 2.05) is 0 Å². The van der Waals surface area contributed by atoms with Crippen molar-refractivity contribution in [3.63, 3.8) is 0 Å². The summed E-state index contributed by atoms with van der Waals surface area (Å²) < 4.78 is 0. The lowest BCUT2D eigenvalue weighted by Crippen LogP contribution is -2.22. The Bertz CT molecular complexity index is 1370. The third-order valence-electron chi connectivity index (χ3n) is 4.89. The SMILES string of the molecule is CC(Sc1cccc(NC(=O)c2ccc(C(=O)O)cc2C(=O)O)c1)C(=O)Nc1cccc(C(=O)O)c1. The zero-order valence-electron chi connectivity index (χ0n) is 18.7. The fraction of sp³-hybridized carbons (Fsp3) is 0.0800. The molecule has 0 saturated heterocycles. The van der Waals surface area contributed by atoms with Crippen LogP contribution in [0.5, 0.6) is 0 Å². The van der Waals surface area contributed by atoms with Crippen molar-refractivity contribution >= 4 is 52.9 Å². The molecule has 3 aromatic carbocycles. The first-order chi connectivity index (χ1) is 17.0. The molecule has 0 bridgehead atoms. The van der Waals surface area contributed by atoms with Gasteiger partial charge in [0.2, 0.25) is 5.91 Å². The lowest BCUT2D eigenvalue weighted by Gasteiger charge is -2.14. The van der Waals surface area contributed by atoms with Crippen LogP contribution >= 0.6 is 11.8 Å². The summed E-state index contributed by atoms with van der Waals surface area (Å²) in [6.45, 7) is 1.66. The highest BCUT2D eigenvalue weighted by Gasteiger charge is 2.20. The Morgan fingerprint density at radius 3 is 1.94 bits per heavy atom. The van der Waals surface area contributed by atoms with E-state index in [0.717, 1.165) is 18.2 Å². The first-order valence-electron chi connectivity index (χ1n) is 10.4. The Hall–Kier alpha value is -4.64. The molecular formula is C25H20N2O8S. The van der Waals surface area contributed by atoms with Crippen LogP contribution in [-0.2, 0) is 4.79 Å². The lowest BCUT2D eigenvalue weighted by molar-refractivity contribution is -0.115. The van der Waals surface area contributed by atoms with Gasteiger partial charge in [0, 0.05) is 16.3 Å². The molecule has 2 amide bonds. The number of carbonyl (C=O) groups excluding carboxylic acids is 2. The maximum absolute atomic E-state index is 12.7. The fourth-order valence-corrected chi connectivity index (χ4v) is 4.06. The number of amides is 2. The van der Waals surface area contributed by atoms with E-state index in [9.17, 15) is 29.1 Å². The monoisotopic (exact) mass is 508 g/mol. The van der Waals surface area contributed by atoms with Gasteiger partial charge in [-0.25, -0.2) is 14.4 Å². The van der Waals surface area contributed by atoms with Crippen molar-refractivity contribution in [1.82, 2.24) is 0 Å². The summed E-state index contributed by atoms with van der Waals surface area (Å²) in [5, 5.41) is 32.2. The van der Waals surface area contributed by atoms with Crippen molar-refractivity contribution < 1.29 is 39.3 Å². The van der Waals surface area contributed by atoms with E-state index in [2.05, 4.69) is 10.6 Å².